The minimum atomic E-state index is -1.27. The molecule has 3 heteroatoms. The third-order valence-electron chi connectivity index (χ3n) is 6.53. The number of fused-ring (bicyclic) bond motifs is 1. The Morgan fingerprint density at radius 3 is 1.80 bits per heavy atom. The zero-order valence-electron chi connectivity index (χ0n) is 18.8. The maximum absolute atomic E-state index is 14.1. The number of ketones is 1. The molecule has 1 atom stereocenters. The van der Waals surface area contributed by atoms with Crippen LogP contribution in [0.25, 0.3) is 16.9 Å². The Hall–Kier alpha value is -3.95. The summed E-state index contributed by atoms with van der Waals surface area (Å²) in [5.41, 5.74) is 5.24. The van der Waals surface area contributed by atoms with Gasteiger partial charge in [0, 0.05) is 21.2 Å². The number of carbonyl (C=O) groups is 1. The lowest BCUT2D eigenvalue weighted by Crippen LogP contribution is -2.38. The Morgan fingerprint density at radius 2 is 1.17 bits per heavy atom. The molecular weight excluding hydrogens is 496 g/mol. The summed E-state index contributed by atoms with van der Waals surface area (Å²) in [5.74, 6) is 0.598. The van der Waals surface area contributed by atoms with Crippen LogP contribution >= 0.6 is 15.9 Å². The molecule has 0 unspecified atom stereocenters. The van der Waals surface area contributed by atoms with Crippen LogP contribution in [0.2, 0.25) is 0 Å². The largest absolute Gasteiger partial charge is 0.469 e. The fourth-order valence-electron chi connectivity index (χ4n) is 4.92. The number of halogens is 1. The van der Waals surface area contributed by atoms with Gasteiger partial charge >= 0.3 is 0 Å². The molecule has 0 aromatic heterocycles. The Morgan fingerprint density at radius 1 is 0.600 bits per heavy atom. The number of benzene rings is 4. The number of allylic oxidation sites excluding steroid dienone is 2. The average molecular weight is 517 g/mol. The van der Waals surface area contributed by atoms with Gasteiger partial charge in [0.25, 0.3) is 0 Å². The predicted octanol–water partition coefficient (Wildman–Crippen LogP) is 7.84. The van der Waals surface area contributed by atoms with Crippen molar-refractivity contribution in [2.75, 3.05) is 0 Å². The Kier molecular flexibility index (Phi) is 5.35. The molecule has 0 bridgehead atoms. The van der Waals surface area contributed by atoms with E-state index in [-0.39, 0.29) is 5.78 Å². The van der Waals surface area contributed by atoms with Crippen LogP contribution in [0.4, 0.5) is 0 Å². The van der Waals surface area contributed by atoms with Crippen molar-refractivity contribution in [3.05, 3.63) is 160 Å². The highest BCUT2D eigenvalue weighted by atomic mass is 79.9. The highest BCUT2D eigenvalue weighted by Crippen LogP contribution is 2.55. The first-order chi connectivity index (χ1) is 17.2. The monoisotopic (exact) mass is 516 g/mol. The predicted molar refractivity (Wildman–Crippen MR) is 144 cm³/mol. The molecule has 168 valence electrons. The SMILES string of the molecule is O=C1C=C(c2ccccc2)C2=C(c3ccc(Br)cc3)C=C(c3ccccc3)O[C@@]12c1ccccc1. The molecule has 0 fully saturated rings. The lowest BCUT2D eigenvalue weighted by atomic mass is 9.77. The lowest BCUT2D eigenvalue weighted by Gasteiger charge is -2.37. The van der Waals surface area contributed by atoms with Crippen LogP contribution in [0.3, 0.4) is 0 Å². The van der Waals surface area contributed by atoms with Crippen molar-refractivity contribution in [1.29, 1.82) is 0 Å². The molecular formula is C32H21BrO2. The van der Waals surface area contributed by atoms with Crippen molar-refractivity contribution < 1.29 is 9.53 Å². The summed E-state index contributed by atoms with van der Waals surface area (Å²) in [4.78, 5) is 14.1. The van der Waals surface area contributed by atoms with E-state index in [2.05, 4.69) is 34.1 Å². The number of rotatable bonds is 4. The van der Waals surface area contributed by atoms with Gasteiger partial charge in [-0.3, -0.25) is 4.79 Å². The lowest BCUT2D eigenvalue weighted by molar-refractivity contribution is -0.128. The van der Waals surface area contributed by atoms with Gasteiger partial charge in [0.05, 0.1) is 0 Å². The maximum Gasteiger partial charge on any atom is 0.222 e. The van der Waals surface area contributed by atoms with E-state index in [4.69, 9.17) is 4.74 Å². The smallest absolute Gasteiger partial charge is 0.222 e. The molecule has 4 aromatic carbocycles. The van der Waals surface area contributed by atoms with Crippen LogP contribution in [0.1, 0.15) is 22.3 Å². The van der Waals surface area contributed by atoms with Crippen molar-refractivity contribution in [2.45, 2.75) is 5.60 Å². The molecule has 1 aliphatic carbocycles. The van der Waals surface area contributed by atoms with Gasteiger partial charge in [0.2, 0.25) is 11.4 Å². The third-order valence-corrected chi connectivity index (χ3v) is 7.06. The highest BCUT2D eigenvalue weighted by molar-refractivity contribution is 9.10. The zero-order valence-corrected chi connectivity index (χ0v) is 20.4. The van der Waals surface area contributed by atoms with Gasteiger partial charge in [-0.05, 0) is 46.6 Å². The van der Waals surface area contributed by atoms with Crippen LogP contribution in [-0.4, -0.2) is 5.78 Å². The second kappa shape index (κ2) is 8.68. The van der Waals surface area contributed by atoms with Crippen LogP contribution in [0.5, 0.6) is 0 Å². The molecule has 0 saturated carbocycles. The Bertz CT molecular complexity index is 1500. The molecule has 0 amide bonds. The average Bonchev–Trinajstić information content (AvgIpc) is 3.23. The summed E-state index contributed by atoms with van der Waals surface area (Å²) < 4.78 is 7.80. The molecule has 0 spiro atoms. The molecule has 35 heavy (non-hydrogen) atoms. The first-order valence-corrected chi connectivity index (χ1v) is 12.3. The summed E-state index contributed by atoms with van der Waals surface area (Å²) >= 11 is 3.56. The van der Waals surface area contributed by atoms with E-state index in [0.717, 1.165) is 43.4 Å². The van der Waals surface area contributed by atoms with Crippen LogP contribution < -0.4 is 0 Å². The number of ether oxygens (including phenoxy) is 1. The van der Waals surface area contributed by atoms with Crippen LogP contribution in [0, 0.1) is 0 Å². The standard InChI is InChI=1S/C32H21BrO2/c33-26-18-16-23(17-19-26)27-20-29(24-12-6-2-7-13-24)35-32(25-14-8-3-9-15-25)30(34)21-28(31(27)32)22-10-4-1-5-11-22/h1-21H/t32-/m0/s1. The Balaban J connectivity index is 1.70. The normalized spacial score (nSPS) is 19.1. The van der Waals surface area contributed by atoms with E-state index in [9.17, 15) is 4.79 Å². The quantitative estimate of drug-likeness (QED) is 0.276. The van der Waals surface area contributed by atoms with E-state index in [1.54, 1.807) is 6.08 Å². The van der Waals surface area contributed by atoms with Gasteiger partial charge in [-0.1, -0.05) is 119 Å². The summed E-state index contributed by atoms with van der Waals surface area (Å²) in [6.45, 7) is 0. The van der Waals surface area contributed by atoms with Gasteiger partial charge in [-0.15, -0.1) is 0 Å². The molecule has 2 nitrogen and oxygen atoms in total. The van der Waals surface area contributed by atoms with Crippen LogP contribution in [-0.2, 0) is 15.1 Å². The topological polar surface area (TPSA) is 26.3 Å². The van der Waals surface area contributed by atoms with Crippen molar-refractivity contribution in [1.82, 2.24) is 0 Å². The fraction of sp³-hybridized carbons (Fsp3) is 0.0312. The molecule has 4 aromatic rings. The van der Waals surface area contributed by atoms with Crippen LogP contribution in [0.15, 0.2) is 137 Å². The number of hydrogen-bond acceptors (Lipinski definition) is 2. The highest BCUT2D eigenvalue weighted by Gasteiger charge is 2.54. The Labute approximate surface area is 213 Å². The van der Waals surface area contributed by atoms with Gasteiger partial charge in [-0.2, -0.15) is 0 Å². The molecule has 0 N–H and O–H groups in total. The van der Waals surface area contributed by atoms with E-state index in [0.29, 0.717) is 5.76 Å². The van der Waals surface area contributed by atoms with Gasteiger partial charge in [0.1, 0.15) is 5.76 Å². The molecule has 1 aliphatic heterocycles. The molecule has 0 radical (unpaired) electrons. The molecule has 0 saturated heterocycles. The van der Waals surface area contributed by atoms with Crippen molar-refractivity contribution in [3.8, 4) is 0 Å². The second-order valence-electron chi connectivity index (χ2n) is 8.61. The van der Waals surface area contributed by atoms with Gasteiger partial charge in [0.15, 0.2) is 0 Å². The molecule has 1 heterocycles. The maximum atomic E-state index is 14.1. The van der Waals surface area contributed by atoms with E-state index < -0.39 is 5.60 Å². The second-order valence-corrected chi connectivity index (χ2v) is 9.52. The summed E-state index contributed by atoms with van der Waals surface area (Å²) in [5, 5.41) is 0. The van der Waals surface area contributed by atoms with Gasteiger partial charge in [-0.25, -0.2) is 0 Å². The zero-order chi connectivity index (χ0) is 23.8. The van der Waals surface area contributed by atoms with Crippen molar-refractivity contribution in [2.24, 2.45) is 0 Å². The molecule has 2 aliphatic rings. The van der Waals surface area contributed by atoms with Crippen molar-refractivity contribution >= 4 is 38.6 Å². The number of carbonyl (C=O) groups excluding carboxylic acids is 1. The van der Waals surface area contributed by atoms with E-state index in [1.807, 2.05) is 103 Å². The summed E-state index contributed by atoms with van der Waals surface area (Å²) in [6.07, 6.45) is 3.82. The third kappa shape index (κ3) is 3.60. The summed E-state index contributed by atoms with van der Waals surface area (Å²) in [6, 6.07) is 38.1. The first-order valence-electron chi connectivity index (χ1n) is 11.5. The van der Waals surface area contributed by atoms with E-state index in [1.165, 1.54) is 0 Å². The van der Waals surface area contributed by atoms with Gasteiger partial charge < -0.3 is 4.74 Å². The fourth-order valence-corrected chi connectivity index (χ4v) is 5.18. The number of hydrogen-bond donors (Lipinski definition) is 0. The minimum absolute atomic E-state index is 0.0753. The minimum Gasteiger partial charge on any atom is -0.469 e. The van der Waals surface area contributed by atoms with E-state index >= 15 is 0 Å². The summed E-state index contributed by atoms with van der Waals surface area (Å²) in [7, 11) is 0. The molecule has 6 rings (SSSR count). The first kappa shape index (κ1) is 21.6. The van der Waals surface area contributed by atoms with Crippen molar-refractivity contribution in [3.63, 3.8) is 0 Å².